The molecule has 4 rings (SSSR count). The molecule has 2 heterocycles. The van der Waals surface area contributed by atoms with Gasteiger partial charge in [0.1, 0.15) is 11.5 Å². The van der Waals surface area contributed by atoms with E-state index in [1.165, 1.54) is 0 Å². The number of carbonyl (C=O) groups excluding carboxylic acids is 3. The molecule has 0 bridgehead atoms. The molecule has 1 unspecified atom stereocenters. The fourth-order valence-electron chi connectivity index (χ4n) is 4.36. The number of nitrogens with zero attached hydrogens (tertiary/aromatic N) is 2. The van der Waals surface area contributed by atoms with E-state index in [2.05, 4.69) is 16.0 Å². The van der Waals surface area contributed by atoms with Crippen molar-refractivity contribution in [3.05, 3.63) is 71.4 Å². The summed E-state index contributed by atoms with van der Waals surface area (Å²) in [6.45, 7) is 8.42. The largest absolute Gasteiger partial charge is 0.462 e. The molecular formula is C29H35N5O7. The van der Waals surface area contributed by atoms with Gasteiger partial charge in [0.05, 0.1) is 32.0 Å². The number of esters is 2. The molecule has 12 nitrogen and oxygen atoms in total. The number of hydrogen-bond donors (Lipinski definition) is 3. The predicted molar refractivity (Wildman–Crippen MR) is 153 cm³/mol. The van der Waals surface area contributed by atoms with Gasteiger partial charge in [0.15, 0.2) is 0 Å². The number of anilines is 2. The molecule has 2 aromatic rings. The van der Waals surface area contributed by atoms with Gasteiger partial charge in [0.25, 0.3) is 0 Å². The summed E-state index contributed by atoms with van der Waals surface area (Å²) in [4.78, 5) is 44.1. The van der Waals surface area contributed by atoms with Crippen molar-refractivity contribution in [3.63, 3.8) is 0 Å². The summed E-state index contributed by atoms with van der Waals surface area (Å²) < 4.78 is 21.9. The Hall–Kier alpha value is -4.26. The Labute approximate surface area is 238 Å². The van der Waals surface area contributed by atoms with E-state index >= 15 is 0 Å². The van der Waals surface area contributed by atoms with Gasteiger partial charge >= 0.3 is 18.0 Å². The van der Waals surface area contributed by atoms with Crippen LogP contribution in [0, 0.1) is 0 Å². The second-order valence-corrected chi connectivity index (χ2v) is 9.01. The predicted octanol–water partition coefficient (Wildman–Crippen LogP) is 3.33. The zero-order valence-electron chi connectivity index (χ0n) is 23.4. The number of urea groups is 1. The lowest BCUT2D eigenvalue weighted by atomic mass is 10.1. The second-order valence-electron chi connectivity index (χ2n) is 9.01. The summed E-state index contributed by atoms with van der Waals surface area (Å²) in [5, 5.41) is 8.59. The molecule has 2 aliphatic heterocycles. The second kappa shape index (κ2) is 13.9. The van der Waals surface area contributed by atoms with Gasteiger partial charge in [-0.25, -0.2) is 24.3 Å². The highest BCUT2D eigenvalue weighted by Crippen LogP contribution is 2.28. The zero-order chi connectivity index (χ0) is 29.2. The molecule has 218 valence electrons. The van der Waals surface area contributed by atoms with Crippen LogP contribution in [-0.2, 0) is 23.7 Å². The van der Waals surface area contributed by atoms with E-state index in [1.807, 2.05) is 11.8 Å². The molecule has 0 saturated carbocycles. The average Bonchev–Trinajstić information content (AvgIpc) is 2.98. The van der Waals surface area contributed by atoms with Crippen molar-refractivity contribution < 1.29 is 33.3 Å². The molecule has 1 saturated heterocycles. The number of aliphatic imine (C=N–C) groups is 1. The third kappa shape index (κ3) is 7.48. The quantitative estimate of drug-likeness (QED) is 0.370. The van der Waals surface area contributed by atoms with Gasteiger partial charge in [-0.2, -0.15) is 0 Å². The first-order valence-corrected chi connectivity index (χ1v) is 13.6. The van der Waals surface area contributed by atoms with Crippen LogP contribution in [0.4, 0.5) is 16.2 Å². The molecule has 1 fully saturated rings. The molecule has 2 aliphatic rings. The number of rotatable bonds is 10. The Bertz CT molecular complexity index is 1290. The number of amides is 2. The molecular weight excluding hydrogens is 530 g/mol. The van der Waals surface area contributed by atoms with E-state index in [4.69, 9.17) is 23.9 Å². The van der Waals surface area contributed by atoms with Crippen molar-refractivity contribution in [2.45, 2.75) is 26.6 Å². The van der Waals surface area contributed by atoms with Crippen LogP contribution in [-0.4, -0.2) is 80.7 Å². The number of hydrogen-bond acceptors (Lipinski definition) is 10. The van der Waals surface area contributed by atoms with Gasteiger partial charge in [-0.3, -0.25) is 0 Å². The number of morpholine rings is 1. The molecule has 41 heavy (non-hydrogen) atoms. The van der Waals surface area contributed by atoms with E-state index in [9.17, 15) is 14.4 Å². The monoisotopic (exact) mass is 565 g/mol. The lowest BCUT2D eigenvalue weighted by molar-refractivity contribution is -0.146. The Morgan fingerprint density at radius 3 is 2.05 bits per heavy atom. The number of nitrogens with one attached hydrogen (secondary N) is 3. The third-order valence-corrected chi connectivity index (χ3v) is 6.24. The van der Waals surface area contributed by atoms with Crippen LogP contribution in [0.25, 0.3) is 0 Å². The highest BCUT2D eigenvalue weighted by molar-refractivity contribution is 6.06. The van der Waals surface area contributed by atoms with Crippen molar-refractivity contribution in [2.24, 2.45) is 4.99 Å². The van der Waals surface area contributed by atoms with Gasteiger partial charge in [0.2, 0.25) is 5.85 Å². The average molecular weight is 566 g/mol. The topological polar surface area (TPSA) is 140 Å². The zero-order valence-corrected chi connectivity index (χ0v) is 23.4. The highest BCUT2D eigenvalue weighted by atomic mass is 16.5. The molecule has 2 amide bonds. The summed E-state index contributed by atoms with van der Waals surface area (Å²) in [6, 6.07) is 13.0. The number of ether oxygens (including phenoxy) is 4. The summed E-state index contributed by atoms with van der Waals surface area (Å²) >= 11 is 0. The Balaban J connectivity index is 1.49. The van der Waals surface area contributed by atoms with Crippen LogP contribution in [0.2, 0.25) is 0 Å². The van der Waals surface area contributed by atoms with Crippen LogP contribution in [0.15, 0.2) is 65.3 Å². The Kier molecular flexibility index (Phi) is 10.1. The van der Waals surface area contributed by atoms with E-state index in [0.29, 0.717) is 61.2 Å². The van der Waals surface area contributed by atoms with Crippen molar-refractivity contribution in [1.29, 1.82) is 0 Å². The van der Waals surface area contributed by atoms with Gasteiger partial charge in [-0.1, -0.05) is 0 Å². The van der Waals surface area contributed by atoms with Crippen LogP contribution in [0.5, 0.6) is 0 Å². The van der Waals surface area contributed by atoms with Gasteiger partial charge in [-0.05, 0) is 69.3 Å². The Morgan fingerprint density at radius 1 is 0.878 bits per heavy atom. The summed E-state index contributed by atoms with van der Waals surface area (Å²) in [6.07, 6.45) is 1.66. The summed E-state index contributed by atoms with van der Waals surface area (Å²) in [5.74, 6) is -1.72. The molecule has 0 aromatic heterocycles. The van der Waals surface area contributed by atoms with Crippen molar-refractivity contribution in [3.8, 4) is 0 Å². The number of benzene rings is 2. The van der Waals surface area contributed by atoms with E-state index in [0.717, 1.165) is 0 Å². The highest BCUT2D eigenvalue weighted by Gasteiger charge is 2.41. The number of amidine groups is 1. The van der Waals surface area contributed by atoms with Crippen LogP contribution in [0.1, 0.15) is 36.7 Å². The first-order chi connectivity index (χ1) is 19.9. The fourth-order valence-corrected chi connectivity index (χ4v) is 4.36. The number of carbonyl (C=O) groups is 3. The molecule has 1 atom stereocenters. The van der Waals surface area contributed by atoms with E-state index in [-0.39, 0.29) is 18.9 Å². The normalized spacial score (nSPS) is 18.8. The maximum Gasteiger partial charge on any atom is 0.354 e. The smallest absolute Gasteiger partial charge is 0.354 e. The maximum absolute atomic E-state index is 12.8. The van der Waals surface area contributed by atoms with Gasteiger partial charge in [-0.15, -0.1) is 0 Å². The van der Waals surface area contributed by atoms with Crippen molar-refractivity contribution in [2.75, 3.05) is 56.8 Å². The molecule has 3 N–H and O–H groups in total. The SMILES string of the molecule is CCOC(=O)C1=CC(OCC)(N2CCOCC2)N=C(c2ccc(NC(=O)Nc3ccc(C(=O)OCC)cc3)cc2)N1. The molecule has 0 radical (unpaired) electrons. The van der Waals surface area contributed by atoms with Gasteiger partial charge in [0, 0.05) is 42.7 Å². The molecule has 0 spiro atoms. The summed E-state index contributed by atoms with van der Waals surface area (Å²) in [7, 11) is 0. The minimum atomic E-state index is -1.21. The molecule has 12 heteroatoms. The minimum absolute atomic E-state index is 0.224. The van der Waals surface area contributed by atoms with E-state index < -0.39 is 23.8 Å². The minimum Gasteiger partial charge on any atom is -0.462 e. The van der Waals surface area contributed by atoms with Gasteiger partial charge < -0.3 is 34.9 Å². The van der Waals surface area contributed by atoms with Crippen LogP contribution < -0.4 is 16.0 Å². The summed E-state index contributed by atoms with van der Waals surface area (Å²) in [5.41, 5.74) is 2.36. The fraction of sp³-hybridized carbons (Fsp3) is 0.379. The first kappa shape index (κ1) is 29.7. The third-order valence-electron chi connectivity index (χ3n) is 6.24. The Morgan fingerprint density at radius 2 is 1.46 bits per heavy atom. The first-order valence-electron chi connectivity index (χ1n) is 13.6. The van der Waals surface area contributed by atoms with Crippen molar-refractivity contribution in [1.82, 2.24) is 10.2 Å². The lowest BCUT2D eigenvalue weighted by Crippen LogP contribution is -2.56. The molecule has 2 aromatic carbocycles. The lowest BCUT2D eigenvalue weighted by Gasteiger charge is -2.42. The van der Waals surface area contributed by atoms with Crippen LogP contribution in [0.3, 0.4) is 0 Å². The van der Waals surface area contributed by atoms with E-state index in [1.54, 1.807) is 68.5 Å². The maximum atomic E-state index is 12.8. The molecule has 0 aliphatic carbocycles. The van der Waals surface area contributed by atoms with Crippen molar-refractivity contribution >= 4 is 35.2 Å². The standard InChI is InChI=1S/C29H35N5O7/c1-4-39-26(35)21-9-13-23(14-10-21)31-28(37)30-22-11-7-20(8-12-22)25-32-24(27(36)40-5-2)19-29(33-25,41-6-3)34-15-17-38-18-16-34/h7-14,19H,4-6,15-18H2,1-3H3,(H,32,33)(H2,30,31,37). The van der Waals surface area contributed by atoms with Crippen LogP contribution >= 0.6 is 0 Å².